The van der Waals surface area contributed by atoms with Crippen LogP contribution in [0.3, 0.4) is 0 Å². The van der Waals surface area contributed by atoms with E-state index >= 15 is 0 Å². The van der Waals surface area contributed by atoms with Crippen LogP contribution in [0.2, 0.25) is 0 Å². The second-order valence-electron chi connectivity index (χ2n) is 3.89. The van der Waals surface area contributed by atoms with Gasteiger partial charge in [-0.2, -0.15) is 5.10 Å². The van der Waals surface area contributed by atoms with Crippen LogP contribution < -0.4 is 11.1 Å². The first-order valence-corrected chi connectivity index (χ1v) is 5.46. The van der Waals surface area contributed by atoms with Crippen LogP contribution in [-0.2, 0) is 4.74 Å². The fraction of sp³-hybridized carbons (Fsp3) is 0.600. The summed E-state index contributed by atoms with van der Waals surface area (Å²) >= 11 is 0. The first kappa shape index (κ1) is 10.9. The zero-order valence-electron chi connectivity index (χ0n) is 9.03. The smallest absolute Gasteiger partial charge is 0.269 e. The molecule has 1 aliphatic rings. The highest BCUT2D eigenvalue weighted by Gasteiger charge is 2.15. The lowest BCUT2D eigenvalue weighted by Crippen LogP contribution is -2.27. The zero-order valence-corrected chi connectivity index (χ0v) is 9.03. The van der Waals surface area contributed by atoms with E-state index in [4.69, 9.17) is 10.5 Å². The summed E-state index contributed by atoms with van der Waals surface area (Å²) in [7, 11) is 0. The zero-order chi connectivity index (χ0) is 11.4. The third-order valence-electron chi connectivity index (χ3n) is 2.62. The predicted molar refractivity (Wildman–Crippen MR) is 58.9 cm³/mol. The van der Waals surface area contributed by atoms with Crippen LogP contribution in [0.4, 0.5) is 5.82 Å². The van der Waals surface area contributed by atoms with Gasteiger partial charge in [-0.25, -0.2) is 0 Å². The average molecular weight is 224 g/mol. The summed E-state index contributed by atoms with van der Waals surface area (Å²) in [5.41, 5.74) is 5.80. The van der Waals surface area contributed by atoms with Crippen LogP contribution in [0.15, 0.2) is 6.07 Å². The van der Waals surface area contributed by atoms with Gasteiger partial charge < -0.3 is 15.8 Å². The molecule has 16 heavy (non-hydrogen) atoms. The average Bonchev–Trinajstić information content (AvgIpc) is 2.89. The van der Waals surface area contributed by atoms with Crippen molar-refractivity contribution in [2.45, 2.75) is 25.4 Å². The molecule has 0 aromatic carbocycles. The number of aromatic nitrogens is 2. The normalized spacial score (nSPS) is 19.9. The third kappa shape index (κ3) is 2.73. The number of nitrogens with one attached hydrogen (secondary N) is 2. The first-order chi connectivity index (χ1) is 7.75. The van der Waals surface area contributed by atoms with E-state index in [1.807, 2.05) is 0 Å². The van der Waals surface area contributed by atoms with Crippen molar-refractivity contribution in [1.82, 2.24) is 15.5 Å². The van der Waals surface area contributed by atoms with E-state index in [1.165, 1.54) is 6.07 Å². The topological polar surface area (TPSA) is 93.0 Å². The van der Waals surface area contributed by atoms with Crippen molar-refractivity contribution in [2.75, 3.05) is 18.9 Å². The molecule has 2 rings (SSSR count). The lowest BCUT2D eigenvalue weighted by Gasteiger charge is -2.09. The van der Waals surface area contributed by atoms with Gasteiger partial charge in [-0.05, 0) is 19.3 Å². The maximum Gasteiger partial charge on any atom is 0.269 e. The van der Waals surface area contributed by atoms with E-state index in [0.717, 1.165) is 25.9 Å². The van der Waals surface area contributed by atoms with Gasteiger partial charge in [0.05, 0.1) is 6.10 Å². The van der Waals surface area contributed by atoms with Crippen LogP contribution in [0.25, 0.3) is 0 Å². The Morgan fingerprint density at radius 1 is 1.75 bits per heavy atom. The van der Waals surface area contributed by atoms with E-state index in [2.05, 4.69) is 15.5 Å². The SMILES string of the molecule is Nc1cc(C(=O)NCC[C@@H]2CCCO2)[nH]n1. The van der Waals surface area contributed by atoms with Gasteiger partial charge in [-0.3, -0.25) is 9.89 Å². The summed E-state index contributed by atoms with van der Waals surface area (Å²) in [5, 5.41) is 9.05. The van der Waals surface area contributed by atoms with Gasteiger partial charge in [0.15, 0.2) is 0 Å². The minimum absolute atomic E-state index is 0.179. The van der Waals surface area contributed by atoms with Gasteiger partial charge in [0, 0.05) is 19.2 Å². The Kier molecular flexibility index (Phi) is 3.40. The standard InChI is InChI=1S/C10H16N4O2/c11-9-6-8(13-14-9)10(15)12-4-3-7-2-1-5-16-7/h6-7H,1-5H2,(H,12,15)(H3,11,13,14)/t7-/m0/s1. The van der Waals surface area contributed by atoms with Crippen LogP contribution in [0.5, 0.6) is 0 Å². The number of rotatable bonds is 4. The number of nitrogens with two attached hydrogens (primary N) is 1. The predicted octanol–water partition coefficient (Wildman–Crippen LogP) is 0.291. The highest BCUT2D eigenvalue weighted by Crippen LogP contribution is 2.14. The monoisotopic (exact) mass is 224 g/mol. The summed E-state index contributed by atoms with van der Waals surface area (Å²) in [4.78, 5) is 11.6. The lowest BCUT2D eigenvalue weighted by molar-refractivity contribution is 0.0903. The second-order valence-corrected chi connectivity index (χ2v) is 3.89. The minimum atomic E-state index is -0.179. The number of carbonyl (C=O) groups is 1. The number of nitrogen functional groups attached to an aromatic ring is 1. The number of anilines is 1. The van der Waals surface area contributed by atoms with Crippen molar-refractivity contribution in [2.24, 2.45) is 0 Å². The molecule has 1 aliphatic heterocycles. The fourth-order valence-corrected chi connectivity index (χ4v) is 1.77. The summed E-state index contributed by atoms with van der Waals surface area (Å²) in [6.45, 7) is 1.46. The molecule has 2 heterocycles. The van der Waals surface area contributed by atoms with Gasteiger partial charge >= 0.3 is 0 Å². The molecule has 6 nitrogen and oxygen atoms in total. The molecule has 1 aromatic heterocycles. The van der Waals surface area contributed by atoms with E-state index in [0.29, 0.717) is 24.2 Å². The van der Waals surface area contributed by atoms with Crippen LogP contribution in [0, 0.1) is 0 Å². The number of hydrogen-bond donors (Lipinski definition) is 3. The quantitative estimate of drug-likeness (QED) is 0.685. The number of amides is 1. The molecule has 0 aliphatic carbocycles. The summed E-state index contributed by atoms with van der Waals surface area (Å²) in [6, 6.07) is 1.52. The number of aromatic amines is 1. The van der Waals surface area contributed by atoms with Gasteiger partial charge in [0.25, 0.3) is 5.91 Å². The van der Waals surface area contributed by atoms with Crippen LogP contribution in [0.1, 0.15) is 29.8 Å². The van der Waals surface area contributed by atoms with Crippen molar-refractivity contribution >= 4 is 11.7 Å². The molecule has 1 amide bonds. The Labute approximate surface area is 93.5 Å². The first-order valence-electron chi connectivity index (χ1n) is 5.46. The minimum Gasteiger partial charge on any atom is -0.382 e. The summed E-state index contributed by atoms with van der Waals surface area (Å²) < 4.78 is 5.45. The van der Waals surface area contributed by atoms with Gasteiger partial charge in [-0.1, -0.05) is 0 Å². The van der Waals surface area contributed by atoms with Crippen molar-refractivity contribution < 1.29 is 9.53 Å². The van der Waals surface area contributed by atoms with Gasteiger partial charge in [0.2, 0.25) is 0 Å². The Hall–Kier alpha value is -1.56. The van der Waals surface area contributed by atoms with Gasteiger partial charge in [-0.15, -0.1) is 0 Å². The molecular formula is C10H16N4O2. The molecule has 1 fully saturated rings. The van der Waals surface area contributed by atoms with E-state index in [9.17, 15) is 4.79 Å². The number of nitrogens with zero attached hydrogens (tertiary/aromatic N) is 1. The molecule has 1 saturated heterocycles. The van der Waals surface area contributed by atoms with E-state index in [1.54, 1.807) is 0 Å². The number of hydrogen-bond acceptors (Lipinski definition) is 4. The molecular weight excluding hydrogens is 208 g/mol. The van der Waals surface area contributed by atoms with Crippen molar-refractivity contribution in [3.63, 3.8) is 0 Å². The van der Waals surface area contributed by atoms with E-state index < -0.39 is 0 Å². The molecule has 0 unspecified atom stereocenters. The van der Waals surface area contributed by atoms with E-state index in [-0.39, 0.29) is 5.91 Å². The lowest BCUT2D eigenvalue weighted by atomic mass is 10.2. The maximum absolute atomic E-state index is 11.6. The Morgan fingerprint density at radius 3 is 3.25 bits per heavy atom. The maximum atomic E-state index is 11.6. The van der Waals surface area contributed by atoms with Crippen molar-refractivity contribution in [3.8, 4) is 0 Å². The van der Waals surface area contributed by atoms with Crippen molar-refractivity contribution in [3.05, 3.63) is 11.8 Å². The molecule has 4 N–H and O–H groups in total. The molecule has 0 bridgehead atoms. The fourth-order valence-electron chi connectivity index (χ4n) is 1.77. The molecule has 0 saturated carbocycles. The highest BCUT2D eigenvalue weighted by molar-refractivity contribution is 5.92. The second kappa shape index (κ2) is 4.98. The Balaban J connectivity index is 1.71. The number of carbonyl (C=O) groups excluding carboxylic acids is 1. The molecule has 1 aromatic rings. The number of H-pyrrole nitrogens is 1. The molecule has 1 atom stereocenters. The van der Waals surface area contributed by atoms with Gasteiger partial charge in [0.1, 0.15) is 11.5 Å². The van der Waals surface area contributed by atoms with Crippen LogP contribution in [-0.4, -0.2) is 35.4 Å². The molecule has 0 radical (unpaired) electrons. The molecule has 0 spiro atoms. The summed E-state index contributed by atoms with van der Waals surface area (Å²) in [5.74, 6) is 0.145. The Morgan fingerprint density at radius 2 is 2.62 bits per heavy atom. The third-order valence-corrected chi connectivity index (χ3v) is 2.62. The summed E-state index contributed by atoms with van der Waals surface area (Å²) in [6.07, 6.45) is 3.37. The Bertz CT molecular complexity index is 357. The van der Waals surface area contributed by atoms with Crippen LogP contribution >= 0.6 is 0 Å². The highest BCUT2D eigenvalue weighted by atomic mass is 16.5. The van der Waals surface area contributed by atoms with Crippen molar-refractivity contribution in [1.29, 1.82) is 0 Å². The molecule has 6 heteroatoms. The largest absolute Gasteiger partial charge is 0.382 e. The number of ether oxygens (including phenoxy) is 1. The molecule has 88 valence electrons.